The maximum Gasteiger partial charge on any atom is 0.223 e. The average Bonchev–Trinajstić information content (AvgIpc) is 2.39. The number of nitrogens with one attached hydrogen (secondary N) is 1. The van der Waals surface area contributed by atoms with Crippen LogP contribution in [0.1, 0.15) is 24.2 Å². The fraction of sp³-hybridized carbons (Fsp3) is 0.154. The first kappa shape index (κ1) is 13.4. The number of benzene rings is 1. The van der Waals surface area contributed by atoms with Crippen molar-refractivity contribution in [1.29, 1.82) is 0 Å². The van der Waals surface area contributed by atoms with E-state index in [1.54, 1.807) is 18.3 Å². The molecule has 1 aromatic carbocycles. The molecule has 0 aliphatic carbocycles. The lowest BCUT2D eigenvalue weighted by molar-refractivity contribution is 0.623. The van der Waals surface area contributed by atoms with Gasteiger partial charge in [0.15, 0.2) is 0 Å². The predicted molar refractivity (Wildman–Crippen MR) is 76.4 cm³/mol. The minimum absolute atomic E-state index is 0.128. The highest BCUT2D eigenvalue weighted by Crippen LogP contribution is 2.17. The van der Waals surface area contributed by atoms with Crippen LogP contribution < -0.4 is 11.1 Å². The molecule has 0 amide bonds. The van der Waals surface area contributed by atoms with E-state index in [0.29, 0.717) is 11.6 Å². The van der Waals surface area contributed by atoms with Gasteiger partial charge in [-0.1, -0.05) is 24.4 Å². The highest BCUT2D eigenvalue weighted by atomic mass is 32.1. The average molecular weight is 276 g/mol. The third-order valence-electron chi connectivity index (χ3n) is 2.60. The minimum atomic E-state index is -0.274. The summed E-state index contributed by atoms with van der Waals surface area (Å²) in [6.45, 7) is 1.89. The van der Waals surface area contributed by atoms with E-state index < -0.39 is 0 Å². The maximum atomic E-state index is 13.1. The summed E-state index contributed by atoms with van der Waals surface area (Å²) < 4.78 is 13.1. The summed E-state index contributed by atoms with van der Waals surface area (Å²) in [6, 6.07) is 7.88. The van der Waals surface area contributed by atoms with Crippen molar-refractivity contribution in [2.45, 2.75) is 13.0 Å². The summed E-state index contributed by atoms with van der Waals surface area (Å²) in [7, 11) is 0. The lowest BCUT2D eigenvalue weighted by Crippen LogP contribution is -2.15. The summed E-state index contributed by atoms with van der Waals surface area (Å²) in [4.78, 5) is 8.47. The van der Waals surface area contributed by atoms with Gasteiger partial charge in [0, 0.05) is 6.20 Å². The summed E-state index contributed by atoms with van der Waals surface area (Å²) in [5.74, 6) is 0.131. The number of anilines is 1. The molecular formula is C13H13FN4S. The molecule has 1 aromatic heterocycles. The molecule has 0 bridgehead atoms. The first-order chi connectivity index (χ1) is 9.06. The number of hydrogen-bond acceptors (Lipinski definition) is 4. The third-order valence-corrected chi connectivity index (χ3v) is 2.81. The van der Waals surface area contributed by atoms with Gasteiger partial charge in [0.05, 0.1) is 6.04 Å². The van der Waals surface area contributed by atoms with E-state index >= 15 is 0 Å². The zero-order valence-corrected chi connectivity index (χ0v) is 11.1. The van der Waals surface area contributed by atoms with Crippen LogP contribution in [0.25, 0.3) is 0 Å². The van der Waals surface area contributed by atoms with Crippen LogP contribution in [-0.4, -0.2) is 15.0 Å². The smallest absolute Gasteiger partial charge is 0.223 e. The number of thiocarbonyl (C=S) groups is 1. The second-order valence-corrected chi connectivity index (χ2v) is 4.49. The number of nitrogens with two attached hydrogens (primary N) is 1. The molecule has 3 N–H and O–H groups in total. The molecule has 98 valence electrons. The van der Waals surface area contributed by atoms with Crippen LogP contribution in [-0.2, 0) is 0 Å². The Morgan fingerprint density at radius 2 is 2.21 bits per heavy atom. The fourth-order valence-electron chi connectivity index (χ4n) is 1.62. The van der Waals surface area contributed by atoms with E-state index in [0.717, 1.165) is 5.56 Å². The van der Waals surface area contributed by atoms with Crippen LogP contribution in [0.5, 0.6) is 0 Å². The van der Waals surface area contributed by atoms with Crippen LogP contribution in [0.15, 0.2) is 36.5 Å². The quantitative estimate of drug-likeness (QED) is 0.840. The van der Waals surface area contributed by atoms with Gasteiger partial charge in [-0.3, -0.25) is 0 Å². The Morgan fingerprint density at radius 1 is 1.42 bits per heavy atom. The van der Waals surface area contributed by atoms with Crippen molar-refractivity contribution < 1.29 is 4.39 Å². The molecule has 0 saturated heterocycles. The van der Waals surface area contributed by atoms with Crippen LogP contribution >= 0.6 is 12.2 Å². The van der Waals surface area contributed by atoms with E-state index in [-0.39, 0.29) is 16.8 Å². The summed E-state index contributed by atoms with van der Waals surface area (Å²) in [5.41, 5.74) is 6.82. The van der Waals surface area contributed by atoms with Gasteiger partial charge in [0.25, 0.3) is 0 Å². The molecule has 0 saturated carbocycles. The maximum absolute atomic E-state index is 13.1. The number of hydrogen-bond donors (Lipinski definition) is 2. The predicted octanol–water partition coefficient (Wildman–Crippen LogP) is 2.42. The number of aromatic nitrogens is 2. The van der Waals surface area contributed by atoms with Gasteiger partial charge in [0.1, 0.15) is 16.5 Å². The van der Waals surface area contributed by atoms with Gasteiger partial charge < -0.3 is 11.1 Å². The molecule has 2 rings (SSSR count). The molecule has 6 heteroatoms. The highest BCUT2D eigenvalue weighted by Gasteiger charge is 2.08. The number of halogens is 1. The molecule has 1 heterocycles. The van der Waals surface area contributed by atoms with Crippen molar-refractivity contribution >= 4 is 23.2 Å². The highest BCUT2D eigenvalue weighted by molar-refractivity contribution is 7.80. The molecule has 4 nitrogen and oxygen atoms in total. The van der Waals surface area contributed by atoms with Crippen molar-refractivity contribution in [3.05, 3.63) is 53.6 Å². The molecule has 0 aliphatic heterocycles. The van der Waals surface area contributed by atoms with Crippen molar-refractivity contribution in [3.63, 3.8) is 0 Å². The second kappa shape index (κ2) is 5.71. The van der Waals surface area contributed by atoms with Crippen LogP contribution in [0, 0.1) is 5.82 Å². The summed E-state index contributed by atoms with van der Waals surface area (Å²) in [6.07, 6.45) is 1.57. The van der Waals surface area contributed by atoms with Gasteiger partial charge in [-0.15, -0.1) is 0 Å². The fourth-order valence-corrected chi connectivity index (χ4v) is 1.73. The monoisotopic (exact) mass is 276 g/mol. The van der Waals surface area contributed by atoms with Gasteiger partial charge in [-0.05, 0) is 30.7 Å². The van der Waals surface area contributed by atoms with Crippen molar-refractivity contribution in [3.8, 4) is 0 Å². The molecule has 2 aromatic rings. The Bertz CT molecular complexity index is 603. The van der Waals surface area contributed by atoms with Gasteiger partial charge in [0.2, 0.25) is 5.95 Å². The molecule has 1 atom stereocenters. The molecule has 1 unspecified atom stereocenters. The Morgan fingerprint density at radius 3 is 2.89 bits per heavy atom. The Kier molecular flexibility index (Phi) is 4.01. The minimum Gasteiger partial charge on any atom is -0.388 e. The SMILES string of the molecule is CC(Nc1nccc(C(N)=S)n1)c1cccc(F)c1. The Balaban J connectivity index is 2.17. The van der Waals surface area contributed by atoms with Crippen LogP contribution in [0.2, 0.25) is 0 Å². The largest absolute Gasteiger partial charge is 0.388 e. The van der Waals surface area contributed by atoms with Gasteiger partial charge >= 0.3 is 0 Å². The lowest BCUT2D eigenvalue weighted by Gasteiger charge is -2.14. The zero-order valence-electron chi connectivity index (χ0n) is 10.3. The van der Waals surface area contributed by atoms with Crippen molar-refractivity contribution in [1.82, 2.24) is 9.97 Å². The third kappa shape index (κ3) is 3.45. The van der Waals surface area contributed by atoms with E-state index in [1.807, 2.05) is 13.0 Å². The normalized spacial score (nSPS) is 11.9. The lowest BCUT2D eigenvalue weighted by atomic mass is 10.1. The number of nitrogens with zero attached hydrogens (tertiary/aromatic N) is 2. The van der Waals surface area contributed by atoms with E-state index in [9.17, 15) is 4.39 Å². The molecule has 0 aliphatic rings. The zero-order chi connectivity index (χ0) is 13.8. The Hall–Kier alpha value is -2.08. The summed E-state index contributed by atoms with van der Waals surface area (Å²) in [5, 5.41) is 3.08. The molecule has 0 fully saturated rings. The number of rotatable bonds is 4. The first-order valence-electron chi connectivity index (χ1n) is 5.71. The molecule has 0 radical (unpaired) electrons. The van der Waals surface area contributed by atoms with E-state index in [1.165, 1.54) is 12.1 Å². The van der Waals surface area contributed by atoms with Crippen molar-refractivity contribution in [2.75, 3.05) is 5.32 Å². The van der Waals surface area contributed by atoms with Crippen molar-refractivity contribution in [2.24, 2.45) is 5.73 Å². The topological polar surface area (TPSA) is 63.8 Å². The molecular weight excluding hydrogens is 263 g/mol. The van der Waals surface area contributed by atoms with Crippen LogP contribution in [0.3, 0.4) is 0 Å². The van der Waals surface area contributed by atoms with Gasteiger partial charge in [-0.2, -0.15) is 0 Å². The second-order valence-electron chi connectivity index (χ2n) is 4.05. The molecule has 0 spiro atoms. The summed E-state index contributed by atoms with van der Waals surface area (Å²) >= 11 is 4.86. The Labute approximate surface area is 115 Å². The van der Waals surface area contributed by atoms with E-state index in [2.05, 4.69) is 15.3 Å². The molecule has 19 heavy (non-hydrogen) atoms. The standard InChI is InChI=1S/C13H13FN4S/c1-8(9-3-2-4-10(14)7-9)17-13-16-6-5-11(18-13)12(15)19/h2-8H,1H3,(H2,15,19)(H,16,17,18). The van der Waals surface area contributed by atoms with E-state index in [4.69, 9.17) is 18.0 Å². The van der Waals surface area contributed by atoms with Crippen LogP contribution in [0.4, 0.5) is 10.3 Å². The first-order valence-corrected chi connectivity index (χ1v) is 6.12. The van der Waals surface area contributed by atoms with Gasteiger partial charge in [-0.25, -0.2) is 14.4 Å².